The summed E-state index contributed by atoms with van der Waals surface area (Å²) in [4.78, 5) is 37.7. The first-order valence-electron chi connectivity index (χ1n) is 9.37. The molecule has 1 aliphatic rings. The quantitative estimate of drug-likeness (QED) is 0.649. The van der Waals surface area contributed by atoms with Gasteiger partial charge in [-0.2, -0.15) is 0 Å². The molecule has 0 saturated carbocycles. The predicted molar refractivity (Wildman–Crippen MR) is 111 cm³/mol. The number of hydrogen-bond acceptors (Lipinski definition) is 4. The molecule has 0 fully saturated rings. The molecule has 2 aromatic rings. The third-order valence-corrected chi connectivity index (χ3v) is 4.65. The molecule has 152 valence electrons. The van der Waals surface area contributed by atoms with E-state index in [0.717, 1.165) is 0 Å². The highest BCUT2D eigenvalue weighted by molar-refractivity contribution is 6.30. The maximum absolute atomic E-state index is 12.1. The van der Waals surface area contributed by atoms with E-state index in [1.165, 1.54) is 0 Å². The number of para-hydroxylation sites is 2. The predicted octanol–water partition coefficient (Wildman–Crippen LogP) is 2.99. The SMILES string of the molecule is O=C(CCN1C(=O)COc2ccccc21)NCCCC(=O)Nc1ccc(Cl)cc1. The zero-order valence-corrected chi connectivity index (χ0v) is 16.6. The topological polar surface area (TPSA) is 87.7 Å². The largest absolute Gasteiger partial charge is 0.482 e. The zero-order chi connectivity index (χ0) is 20.6. The fourth-order valence-electron chi connectivity index (χ4n) is 2.93. The fraction of sp³-hybridized carbons (Fsp3) is 0.286. The van der Waals surface area contributed by atoms with Crippen molar-refractivity contribution in [3.8, 4) is 5.75 Å². The molecule has 8 heteroatoms. The molecule has 0 aliphatic carbocycles. The third-order valence-electron chi connectivity index (χ3n) is 4.40. The zero-order valence-electron chi connectivity index (χ0n) is 15.8. The van der Waals surface area contributed by atoms with E-state index in [4.69, 9.17) is 16.3 Å². The Morgan fingerprint density at radius 2 is 1.79 bits per heavy atom. The Morgan fingerprint density at radius 3 is 2.59 bits per heavy atom. The highest BCUT2D eigenvalue weighted by Gasteiger charge is 2.25. The number of ether oxygens (including phenoxy) is 1. The van der Waals surface area contributed by atoms with Crippen LogP contribution in [0.25, 0.3) is 0 Å². The molecule has 0 saturated heterocycles. The minimum atomic E-state index is -0.171. The van der Waals surface area contributed by atoms with Gasteiger partial charge in [-0.25, -0.2) is 0 Å². The van der Waals surface area contributed by atoms with Gasteiger partial charge < -0.3 is 20.3 Å². The van der Waals surface area contributed by atoms with Gasteiger partial charge in [-0.1, -0.05) is 23.7 Å². The summed E-state index contributed by atoms with van der Waals surface area (Å²) in [6, 6.07) is 14.1. The highest BCUT2D eigenvalue weighted by atomic mass is 35.5. The van der Waals surface area contributed by atoms with E-state index in [1.807, 2.05) is 12.1 Å². The van der Waals surface area contributed by atoms with Crippen molar-refractivity contribution in [3.63, 3.8) is 0 Å². The molecule has 0 aromatic heterocycles. The third kappa shape index (κ3) is 5.96. The second-order valence-electron chi connectivity index (χ2n) is 6.56. The molecule has 2 aromatic carbocycles. The average Bonchev–Trinajstić information content (AvgIpc) is 2.72. The van der Waals surface area contributed by atoms with Gasteiger partial charge in [-0.15, -0.1) is 0 Å². The van der Waals surface area contributed by atoms with E-state index in [-0.39, 0.29) is 43.7 Å². The minimum absolute atomic E-state index is 0.0264. The van der Waals surface area contributed by atoms with Crippen molar-refractivity contribution in [2.45, 2.75) is 19.3 Å². The van der Waals surface area contributed by atoms with Gasteiger partial charge in [-0.05, 0) is 42.8 Å². The van der Waals surface area contributed by atoms with Crippen LogP contribution >= 0.6 is 11.6 Å². The molecule has 1 heterocycles. The van der Waals surface area contributed by atoms with Crippen LogP contribution in [0.3, 0.4) is 0 Å². The van der Waals surface area contributed by atoms with E-state index < -0.39 is 0 Å². The number of nitrogens with one attached hydrogen (secondary N) is 2. The van der Waals surface area contributed by atoms with Gasteiger partial charge in [0.05, 0.1) is 5.69 Å². The maximum atomic E-state index is 12.1. The molecule has 0 radical (unpaired) electrons. The Morgan fingerprint density at radius 1 is 1.03 bits per heavy atom. The minimum Gasteiger partial charge on any atom is -0.482 e. The molecule has 0 atom stereocenters. The molecular formula is C21H22ClN3O4. The number of hydrogen-bond donors (Lipinski definition) is 2. The van der Waals surface area contributed by atoms with Crippen molar-refractivity contribution in [3.05, 3.63) is 53.6 Å². The number of fused-ring (bicyclic) bond motifs is 1. The van der Waals surface area contributed by atoms with Crippen molar-refractivity contribution in [1.82, 2.24) is 5.32 Å². The Hall–Kier alpha value is -3.06. The number of benzene rings is 2. The van der Waals surface area contributed by atoms with Crippen molar-refractivity contribution in [1.29, 1.82) is 0 Å². The lowest BCUT2D eigenvalue weighted by Crippen LogP contribution is -2.41. The van der Waals surface area contributed by atoms with E-state index in [2.05, 4.69) is 10.6 Å². The highest BCUT2D eigenvalue weighted by Crippen LogP contribution is 2.31. The Kier molecular flexibility index (Phi) is 7.08. The average molecular weight is 416 g/mol. The number of carbonyl (C=O) groups is 3. The fourth-order valence-corrected chi connectivity index (χ4v) is 3.06. The van der Waals surface area contributed by atoms with E-state index >= 15 is 0 Å². The first-order valence-corrected chi connectivity index (χ1v) is 9.75. The molecule has 2 N–H and O–H groups in total. The molecule has 0 spiro atoms. The lowest BCUT2D eigenvalue weighted by atomic mass is 10.2. The lowest BCUT2D eigenvalue weighted by molar-refractivity contribution is -0.122. The van der Waals surface area contributed by atoms with Gasteiger partial charge in [0.15, 0.2) is 6.61 Å². The second kappa shape index (κ2) is 9.93. The standard InChI is InChI=1S/C21H22ClN3O4/c22-15-7-9-16(10-8-15)24-20(27)6-3-12-23-19(26)11-13-25-17-4-1-2-5-18(17)29-14-21(25)28/h1-2,4-5,7-10H,3,6,11-14H2,(H,23,26)(H,24,27). The Labute approximate surface area is 174 Å². The summed E-state index contributed by atoms with van der Waals surface area (Å²) in [5.74, 6) is 0.173. The molecule has 7 nitrogen and oxygen atoms in total. The summed E-state index contributed by atoms with van der Waals surface area (Å²) in [5.41, 5.74) is 1.36. The van der Waals surface area contributed by atoms with Crippen LogP contribution in [0.1, 0.15) is 19.3 Å². The Bertz CT molecular complexity index is 886. The van der Waals surface area contributed by atoms with Crippen LogP contribution in [-0.4, -0.2) is 37.4 Å². The van der Waals surface area contributed by atoms with Crippen LogP contribution in [0.2, 0.25) is 5.02 Å². The number of nitrogens with zero attached hydrogens (tertiary/aromatic N) is 1. The molecule has 3 amide bonds. The van der Waals surface area contributed by atoms with Crippen LogP contribution in [0.5, 0.6) is 5.75 Å². The maximum Gasteiger partial charge on any atom is 0.265 e. The number of carbonyl (C=O) groups excluding carboxylic acids is 3. The Balaban J connectivity index is 1.36. The van der Waals surface area contributed by atoms with Gasteiger partial charge in [0, 0.05) is 36.6 Å². The molecule has 0 unspecified atom stereocenters. The van der Waals surface area contributed by atoms with Crippen molar-refractivity contribution in [2.24, 2.45) is 0 Å². The first kappa shape index (κ1) is 20.7. The molecule has 1 aliphatic heterocycles. The summed E-state index contributed by atoms with van der Waals surface area (Å²) in [5, 5.41) is 6.16. The van der Waals surface area contributed by atoms with Crippen LogP contribution in [0, 0.1) is 0 Å². The first-order chi connectivity index (χ1) is 14.0. The van der Waals surface area contributed by atoms with Crippen LogP contribution in [0.15, 0.2) is 48.5 Å². The second-order valence-corrected chi connectivity index (χ2v) is 7.00. The number of amides is 3. The van der Waals surface area contributed by atoms with Gasteiger partial charge >= 0.3 is 0 Å². The number of rotatable bonds is 8. The van der Waals surface area contributed by atoms with Crippen molar-refractivity contribution < 1.29 is 19.1 Å². The van der Waals surface area contributed by atoms with E-state index in [1.54, 1.807) is 41.3 Å². The van der Waals surface area contributed by atoms with Crippen molar-refractivity contribution >= 4 is 40.7 Å². The summed E-state index contributed by atoms with van der Waals surface area (Å²) in [6.07, 6.45) is 0.986. The number of halogens is 1. The molecular weight excluding hydrogens is 394 g/mol. The summed E-state index contributed by atoms with van der Waals surface area (Å²) < 4.78 is 5.39. The number of anilines is 2. The van der Waals surface area contributed by atoms with Gasteiger partial charge in [0.1, 0.15) is 5.75 Å². The van der Waals surface area contributed by atoms with Crippen LogP contribution in [-0.2, 0) is 14.4 Å². The van der Waals surface area contributed by atoms with Gasteiger partial charge in [0.2, 0.25) is 11.8 Å². The summed E-state index contributed by atoms with van der Waals surface area (Å²) in [7, 11) is 0. The van der Waals surface area contributed by atoms with Crippen LogP contribution < -0.4 is 20.3 Å². The van der Waals surface area contributed by atoms with Crippen molar-refractivity contribution in [2.75, 3.05) is 29.9 Å². The van der Waals surface area contributed by atoms with Crippen LogP contribution in [0.4, 0.5) is 11.4 Å². The molecule has 29 heavy (non-hydrogen) atoms. The molecule has 0 bridgehead atoms. The smallest absolute Gasteiger partial charge is 0.265 e. The lowest BCUT2D eigenvalue weighted by Gasteiger charge is -2.29. The van der Waals surface area contributed by atoms with E-state index in [9.17, 15) is 14.4 Å². The van der Waals surface area contributed by atoms with Gasteiger partial charge in [-0.3, -0.25) is 14.4 Å². The normalized spacial score (nSPS) is 12.7. The van der Waals surface area contributed by atoms with E-state index in [0.29, 0.717) is 35.1 Å². The van der Waals surface area contributed by atoms with Gasteiger partial charge in [0.25, 0.3) is 5.91 Å². The summed E-state index contributed by atoms with van der Waals surface area (Å²) >= 11 is 5.81. The summed E-state index contributed by atoms with van der Waals surface area (Å²) in [6.45, 7) is 0.643. The molecule has 3 rings (SSSR count). The monoisotopic (exact) mass is 415 g/mol.